The van der Waals surface area contributed by atoms with E-state index >= 15 is 0 Å². The van der Waals surface area contributed by atoms with E-state index in [-0.39, 0.29) is 24.5 Å². The molecular formula is C20H21FN6O3. The lowest BCUT2D eigenvalue weighted by Gasteiger charge is -2.25. The third kappa shape index (κ3) is 3.27. The Labute approximate surface area is 171 Å². The van der Waals surface area contributed by atoms with Crippen molar-refractivity contribution >= 4 is 17.4 Å². The maximum atomic E-state index is 14.0. The fourth-order valence-electron chi connectivity index (χ4n) is 3.73. The molecule has 3 aromatic heterocycles. The number of aromatic nitrogens is 4. The van der Waals surface area contributed by atoms with E-state index < -0.39 is 5.82 Å². The molecule has 5 rings (SSSR count). The molecule has 10 heteroatoms. The van der Waals surface area contributed by atoms with E-state index in [1.54, 1.807) is 6.20 Å². The smallest absolute Gasteiger partial charge is 0.257 e. The van der Waals surface area contributed by atoms with Crippen LogP contribution in [0.2, 0.25) is 0 Å². The Morgan fingerprint density at radius 1 is 1.23 bits per heavy atom. The first kappa shape index (κ1) is 18.6. The van der Waals surface area contributed by atoms with Crippen LogP contribution >= 0.6 is 0 Å². The first-order chi connectivity index (χ1) is 14.5. The number of amides is 1. The third-order valence-electron chi connectivity index (χ3n) is 5.14. The van der Waals surface area contributed by atoms with Crippen molar-refractivity contribution in [1.29, 1.82) is 0 Å². The molecule has 30 heavy (non-hydrogen) atoms. The van der Waals surface area contributed by atoms with Crippen LogP contribution in [0.15, 0.2) is 24.7 Å². The molecule has 1 N–H and O–H groups in total. The highest BCUT2D eigenvalue weighted by Gasteiger charge is 2.27. The van der Waals surface area contributed by atoms with Crippen molar-refractivity contribution in [2.45, 2.75) is 26.4 Å². The Morgan fingerprint density at radius 3 is 2.97 bits per heavy atom. The van der Waals surface area contributed by atoms with Gasteiger partial charge < -0.3 is 19.7 Å². The second kappa shape index (κ2) is 7.12. The summed E-state index contributed by atoms with van der Waals surface area (Å²) in [4.78, 5) is 23.7. The Hall–Kier alpha value is -3.43. The molecule has 5 heterocycles. The standard InChI is InChI=1S/C20H21FN6O3/c1-11-6-26-7-13-3-14(21)4-22-20(13)30-10-12(2)24-19(28)15-5-23-27-8-16(29-9-11)18(26)25-17(15)27/h3-5,8,11-12H,6-7,9-10H2,1-2H3,(H,24,28)/t11-,12+/m0/s1. The lowest BCUT2D eigenvalue weighted by Crippen LogP contribution is -2.37. The van der Waals surface area contributed by atoms with Gasteiger partial charge in [0.2, 0.25) is 5.88 Å². The SMILES string of the molecule is C[C@@H]1COc2cn3ncc4c3nc2N(Cc2cc(F)cnc2OC[C@@H](C)NC4=O)C1. The summed E-state index contributed by atoms with van der Waals surface area (Å²) in [5.74, 6) is 0.926. The number of carbonyl (C=O) groups excluding carboxylic acids is 1. The van der Waals surface area contributed by atoms with Crippen LogP contribution in [0.4, 0.5) is 10.2 Å². The van der Waals surface area contributed by atoms with Gasteiger partial charge in [-0.05, 0) is 13.0 Å². The minimum absolute atomic E-state index is 0.192. The summed E-state index contributed by atoms with van der Waals surface area (Å²) in [5, 5.41) is 7.15. The zero-order valence-electron chi connectivity index (χ0n) is 16.6. The molecule has 2 bridgehead atoms. The summed E-state index contributed by atoms with van der Waals surface area (Å²) in [7, 11) is 0. The highest BCUT2D eigenvalue weighted by Crippen LogP contribution is 2.33. The fourth-order valence-corrected chi connectivity index (χ4v) is 3.73. The Bertz CT molecular complexity index is 1130. The summed E-state index contributed by atoms with van der Waals surface area (Å²) in [6, 6.07) is 1.12. The van der Waals surface area contributed by atoms with Crippen LogP contribution in [0.3, 0.4) is 0 Å². The van der Waals surface area contributed by atoms with E-state index in [1.807, 2.05) is 11.8 Å². The van der Waals surface area contributed by atoms with E-state index in [9.17, 15) is 9.18 Å². The van der Waals surface area contributed by atoms with Gasteiger partial charge in [-0.1, -0.05) is 6.92 Å². The van der Waals surface area contributed by atoms with E-state index in [0.29, 0.717) is 53.9 Å². The van der Waals surface area contributed by atoms with Gasteiger partial charge in [-0.15, -0.1) is 0 Å². The number of anilines is 1. The highest BCUT2D eigenvalue weighted by atomic mass is 19.1. The average Bonchev–Trinajstić information content (AvgIpc) is 3.06. The number of nitrogens with one attached hydrogen (secondary N) is 1. The van der Waals surface area contributed by atoms with Crippen molar-refractivity contribution in [3.05, 3.63) is 41.6 Å². The van der Waals surface area contributed by atoms with Crippen molar-refractivity contribution in [3.8, 4) is 11.6 Å². The Kier molecular flexibility index (Phi) is 4.41. The molecule has 0 spiro atoms. The van der Waals surface area contributed by atoms with Gasteiger partial charge in [0.1, 0.15) is 18.0 Å². The van der Waals surface area contributed by atoms with Crippen LogP contribution in [0.5, 0.6) is 11.6 Å². The number of fused-ring (bicyclic) bond motifs is 1. The quantitative estimate of drug-likeness (QED) is 0.602. The van der Waals surface area contributed by atoms with Gasteiger partial charge in [-0.2, -0.15) is 5.10 Å². The normalized spacial score (nSPS) is 21.4. The van der Waals surface area contributed by atoms with Gasteiger partial charge in [0, 0.05) is 24.6 Å². The van der Waals surface area contributed by atoms with Crippen molar-refractivity contribution in [1.82, 2.24) is 24.9 Å². The Morgan fingerprint density at radius 2 is 2.10 bits per heavy atom. The summed E-state index contributed by atoms with van der Waals surface area (Å²) >= 11 is 0. The molecule has 2 aliphatic rings. The van der Waals surface area contributed by atoms with Crippen LogP contribution in [0.25, 0.3) is 5.65 Å². The van der Waals surface area contributed by atoms with Crippen LogP contribution in [0, 0.1) is 11.7 Å². The zero-order chi connectivity index (χ0) is 20.8. The molecule has 9 nitrogen and oxygen atoms in total. The van der Waals surface area contributed by atoms with Gasteiger partial charge in [-0.3, -0.25) is 4.79 Å². The summed E-state index contributed by atoms with van der Waals surface area (Å²) in [6.07, 6.45) is 4.34. The van der Waals surface area contributed by atoms with E-state index in [2.05, 4.69) is 22.3 Å². The van der Waals surface area contributed by atoms with Gasteiger partial charge in [0.05, 0.1) is 31.2 Å². The minimum Gasteiger partial charge on any atom is -0.488 e. The topological polar surface area (TPSA) is 93.9 Å². The second-order valence-corrected chi connectivity index (χ2v) is 7.86. The lowest BCUT2D eigenvalue weighted by molar-refractivity contribution is 0.0927. The van der Waals surface area contributed by atoms with Gasteiger partial charge >= 0.3 is 0 Å². The molecule has 0 radical (unpaired) electrons. The maximum Gasteiger partial charge on any atom is 0.257 e. The molecule has 0 saturated carbocycles. The lowest BCUT2D eigenvalue weighted by atomic mass is 10.1. The van der Waals surface area contributed by atoms with Crippen LogP contribution in [0.1, 0.15) is 29.8 Å². The van der Waals surface area contributed by atoms with E-state index in [4.69, 9.17) is 14.5 Å². The number of pyridine rings is 1. The number of hydrogen-bond donors (Lipinski definition) is 1. The zero-order valence-corrected chi connectivity index (χ0v) is 16.6. The van der Waals surface area contributed by atoms with Gasteiger partial charge in [0.15, 0.2) is 17.2 Å². The van der Waals surface area contributed by atoms with E-state index in [0.717, 1.165) is 6.20 Å². The maximum absolute atomic E-state index is 14.0. The van der Waals surface area contributed by atoms with Crippen molar-refractivity contribution in [2.75, 3.05) is 24.7 Å². The number of nitrogens with zero attached hydrogens (tertiary/aromatic N) is 5. The number of hydrogen-bond acceptors (Lipinski definition) is 7. The third-order valence-corrected chi connectivity index (χ3v) is 5.14. The molecule has 0 aromatic carbocycles. The molecule has 3 aromatic rings. The van der Waals surface area contributed by atoms with Crippen LogP contribution < -0.4 is 19.7 Å². The van der Waals surface area contributed by atoms with E-state index in [1.165, 1.54) is 16.8 Å². The predicted octanol–water partition coefficient (Wildman–Crippen LogP) is 1.81. The molecule has 2 atom stereocenters. The molecule has 0 aliphatic carbocycles. The molecule has 156 valence electrons. The van der Waals surface area contributed by atoms with Crippen LogP contribution in [-0.2, 0) is 6.54 Å². The first-order valence-corrected chi connectivity index (χ1v) is 9.82. The van der Waals surface area contributed by atoms with Crippen molar-refractivity contribution < 1.29 is 18.7 Å². The highest BCUT2D eigenvalue weighted by molar-refractivity contribution is 6.00. The summed E-state index contributed by atoms with van der Waals surface area (Å²) in [5.41, 5.74) is 1.39. The molecule has 0 unspecified atom stereocenters. The summed E-state index contributed by atoms with van der Waals surface area (Å²) in [6.45, 7) is 5.57. The molecule has 0 fully saturated rings. The largest absolute Gasteiger partial charge is 0.488 e. The van der Waals surface area contributed by atoms with Gasteiger partial charge in [-0.25, -0.2) is 18.9 Å². The number of ether oxygens (including phenoxy) is 2. The average molecular weight is 412 g/mol. The number of carbonyl (C=O) groups is 1. The molecule has 1 amide bonds. The first-order valence-electron chi connectivity index (χ1n) is 9.82. The predicted molar refractivity (Wildman–Crippen MR) is 105 cm³/mol. The number of rotatable bonds is 0. The molecule has 0 saturated heterocycles. The Balaban J connectivity index is 1.70. The molecular weight excluding hydrogens is 391 g/mol. The molecule has 2 aliphatic heterocycles. The van der Waals surface area contributed by atoms with Crippen LogP contribution in [-0.4, -0.2) is 51.3 Å². The monoisotopic (exact) mass is 412 g/mol. The summed E-state index contributed by atoms with van der Waals surface area (Å²) < 4.78 is 27.3. The fraction of sp³-hybridized carbons (Fsp3) is 0.400. The van der Waals surface area contributed by atoms with Crippen molar-refractivity contribution in [2.24, 2.45) is 5.92 Å². The van der Waals surface area contributed by atoms with Gasteiger partial charge in [0.25, 0.3) is 5.91 Å². The minimum atomic E-state index is -0.441. The number of halogens is 1. The van der Waals surface area contributed by atoms with Crippen molar-refractivity contribution in [3.63, 3.8) is 0 Å². The second-order valence-electron chi connectivity index (χ2n) is 7.86.